The minimum Gasteiger partial charge on any atom is -0.543 e. The first-order valence-corrected chi connectivity index (χ1v) is 5.01. The molecule has 5 heteroatoms. The average Bonchev–Trinajstić information content (AvgIpc) is 2.71. The van der Waals surface area contributed by atoms with E-state index >= 15 is 0 Å². The van der Waals surface area contributed by atoms with Gasteiger partial charge in [-0.1, -0.05) is 0 Å². The van der Waals surface area contributed by atoms with Gasteiger partial charge in [0.15, 0.2) is 0 Å². The van der Waals surface area contributed by atoms with Crippen LogP contribution in [0.5, 0.6) is 5.75 Å². The predicted octanol–water partition coefficient (Wildman–Crippen LogP) is 0.459. The van der Waals surface area contributed by atoms with Crippen molar-refractivity contribution in [3.05, 3.63) is 36.0 Å². The second-order valence-corrected chi connectivity index (χ2v) is 3.55. The fourth-order valence-corrected chi connectivity index (χ4v) is 1.56. The molecule has 0 atom stereocenters. The quantitative estimate of drug-likeness (QED) is 0.769. The van der Waals surface area contributed by atoms with Crippen LogP contribution in [0.2, 0.25) is 0 Å². The first kappa shape index (κ1) is 11.2. The molecule has 0 saturated carbocycles. The Kier molecular flexibility index (Phi) is 2.82. The van der Waals surface area contributed by atoms with E-state index in [1.54, 1.807) is 26.3 Å². The highest BCUT2D eigenvalue weighted by Gasteiger charge is 2.07. The maximum Gasteiger partial charge on any atom is 0.118 e. The van der Waals surface area contributed by atoms with Crippen LogP contribution >= 0.6 is 0 Å². The fourth-order valence-electron chi connectivity index (χ4n) is 1.56. The van der Waals surface area contributed by atoms with Crippen molar-refractivity contribution in [2.45, 2.75) is 0 Å². The number of aromatic carboxylic acids is 1. The van der Waals surface area contributed by atoms with E-state index in [4.69, 9.17) is 4.74 Å². The Morgan fingerprint density at radius 3 is 2.47 bits per heavy atom. The van der Waals surface area contributed by atoms with Gasteiger partial charge in [0.2, 0.25) is 0 Å². The number of benzene rings is 1. The molecule has 0 unspecified atom stereocenters. The summed E-state index contributed by atoms with van der Waals surface area (Å²) >= 11 is 0. The van der Waals surface area contributed by atoms with Gasteiger partial charge in [0.1, 0.15) is 5.75 Å². The van der Waals surface area contributed by atoms with Gasteiger partial charge in [-0.05, 0) is 30.3 Å². The highest BCUT2D eigenvalue weighted by molar-refractivity contribution is 5.85. The summed E-state index contributed by atoms with van der Waals surface area (Å²) in [4.78, 5) is 10.8. The fraction of sp³-hybridized carbons (Fsp3) is 0.167. The molecule has 0 aliphatic heterocycles. The second kappa shape index (κ2) is 4.29. The molecule has 0 amide bonds. The summed E-state index contributed by atoms with van der Waals surface area (Å²) in [6.45, 7) is 0. The summed E-state index contributed by atoms with van der Waals surface area (Å²) in [7, 11) is 3.15. The van der Waals surface area contributed by atoms with Gasteiger partial charge in [-0.3, -0.25) is 4.68 Å². The summed E-state index contributed by atoms with van der Waals surface area (Å²) in [5.74, 6) is -0.496. The number of aromatic nitrogens is 2. The zero-order chi connectivity index (χ0) is 12.4. The van der Waals surface area contributed by atoms with Gasteiger partial charge < -0.3 is 14.6 Å². The molecule has 0 aliphatic carbocycles. The van der Waals surface area contributed by atoms with Crippen LogP contribution in [0.3, 0.4) is 0 Å². The van der Waals surface area contributed by atoms with Crippen LogP contribution in [0.1, 0.15) is 10.5 Å². The van der Waals surface area contributed by atoms with Crippen LogP contribution in [0, 0.1) is 0 Å². The molecular formula is C12H11N2O3-. The lowest BCUT2D eigenvalue weighted by atomic mass is 10.1. The molecule has 88 valence electrons. The van der Waals surface area contributed by atoms with Gasteiger partial charge in [0.25, 0.3) is 0 Å². The van der Waals surface area contributed by atoms with Gasteiger partial charge in [-0.25, -0.2) is 0 Å². The van der Waals surface area contributed by atoms with Gasteiger partial charge >= 0.3 is 0 Å². The van der Waals surface area contributed by atoms with E-state index in [9.17, 15) is 9.90 Å². The lowest BCUT2D eigenvalue weighted by Gasteiger charge is -2.00. The molecule has 2 rings (SSSR count). The van der Waals surface area contributed by atoms with Crippen molar-refractivity contribution >= 4 is 5.97 Å². The van der Waals surface area contributed by atoms with E-state index in [1.807, 2.05) is 12.1 Å². The lowest BCUT2D eigenvalue weighted by molar-refractivity contribution is -0.255. The lowest BCUT2D eigenvalue weighted by Crippen LogP contribution is -2.24. The third-order valence-electron chi connectivity index (χ3n) is 2.47. The van der Waals surface area contributed by atoms with Crippen LogP contribution in [-0.4, -0.2) is 22.9 Å². The maximum atomic E-state index is 10.8. The normalized spacial score (nSPS) is 10.2. The van der Waals surface area contributed by atoms with Crippen molar-refractivity contribution in [3.8, 4) is 17.0 Å². The number of hydrogen-bond donors (Lipinski definition) is 0. The van der Waals surface area contributed by atoms with E-state index in [-0.39, 0.29) is 5.69 Å². The molecule has 2 aromatic rings. The Morgan fingerprint density at radius 1 is 1.35 bits per heavy atom. The van der Waals surface area contributed by atoms with E-state index in [0.717, 1.165) is 11.3 Å². The molecule has 0 radical (unpaired) electrons. The highest BCUT2D eigenvalue weighted by atomic mass is 16.5. The van der Waals surface area contributed by atoms with Crippen LogP contribution in [0.25, 0.3) is 11.3 Å². The minimum atomic E-state index is -1.24. The number of carboxylic acids is 1. The number of ether oxygens (including phenoxy) is 1. The first-order valence-electron chi connectivity index (χ1n) is 5.01. The van der Waals surface area contributed by atoms with Crippen molar-refractivity contribution in [3.63, 3.8) is 0 Å². The molecule has 1 aromatic carbocycles. The Morgan fingerprint density at radius 2 is 2.00 bits per heavy atom. The Bertz CT molecular complexity index is 543. The number of carbonyl (C=O) groups is 1. The Hall–Kier alpha value is -2.30. The third-order valence-corrected chi connectivity index (χ3v) is 2.47. The molecule has 17 heavy (non-hydrogen) atoms. The molecule has 0 spiro atoms. The summed E-state index contributed by atoms with van der Waals surface area (Å²) in [6.07, 6.45) is 0. The van der Waals surface area contributed by atoms with Crippen molar-refractivity contribution in [1.29, 1.82) is 0 Å². The standard InChI is InChI=1S/C12H12N2O3/c1-14-11(12(15)16)7-10(13-14)8-3-5-9(17-2)6-4-8/h3-7H,1-2H3,(H,15,16)/p-1. The number of aryl methyl sites for hydroxylation is 1. The molecular weight excluding hydrogens is 220 g/mol. The molecule has 0 fully saturated rings. The number of methoxy groups -OCH3 is 1. The smallest absolute Gasteiger partial charge is 0.118 e. The first-order chi connectivity index (χ1) is 8.11. The van der Waals surface area contributed by atoms with Gasteiger partial charge in [0, 0.05) is 12.6 Å². The topological polar surface area (TPSA) is 67.2 Å². The summed E-state index contributed by atoms with van der Waals surface area (Å²) in [6, 6.07) is 8.71. The SMILES string of the molecule is COc1ccc(-c2cc(C(=O)[O-])n(C)n2)cc1. The molecule has 1 heterocycles. The van der Waals surface area contributed by atoms with Crippen molar-refractivity contribution in [2.24, 2.45) is 7.05 Å². The van der Waals surface area contributed by atoms with Gasteiger partial charge in [0.05, 0.1) is 24.5 Å². The van der Waals surface area contributed by atoms with Gasteiger partial charge in [-0.2, -0.15) is 5.10 Å². The number of nitrogens with zero attached hydrogens (tertiary/aromatic N) is 2. The van der Waals surface area contributed by atoms with Crippen LogP contribution in [0.4, 0.5) is 0 Å². The number of carboxylic acid groups (broad SMARTS) is 1. The van der Waals surface area contributed by atoms with Crippen molar-refractivity contribution < 1.29 is 14.6 Å². The van der Waals surface area contributed by atoms with E-state index in [1.165, 1.54) is 10.7 Å². The highest BCUT2D eigenvalue weighted by Crippen LogP contribution is 2.21. The Balaban J connectivity index is 2.39. The molecule has 5 nitrogen and oxygen atoms in total. The number of hydrogen-bond acceptors (Lipinski definition) is 4. The largest absolute Gasteiger partial charge is 0.543 e. The molecule has 0 bridgehead atoms. The van der Waals surface area contributed by atoms with Crippen LogP contribution in [0.15, 0.2) is 30.3 Å². The monoisotopic (exact) mass is 231 g/mol. The second-order valence-electron chi connectivity index (χ2n) is 3.55. The maximum absolute atomic E-state index is 10.8. The molecule has 0 N–H and O–H groups in total. The zero-order valence-corrected chi connectivity index (χ0v) is 9.51. The van der Waals surface area contributed by atoms with Crippen LogP contribution < -0.4 is 9.84 Å². The molecule has 0 saturated heterocycles. The minimum absolute atomic E-state index is 0.0517. The summed E-state index contributed by atoms with van der Waals surface area (Å²) in [5.41, 5.74) is 1.47. The van der Waals surface area contributed by atoms with E-state index in [0.29, 0.717) is 5.69 Å². The third kappa shape index (κ3) is 2.13. The van der Waals surface area contributed by atoms with Crippen molar-refractivity contribution in [1.82, 2.24) is 9.78 Å². The average molecular weight is 231 g/mol. The number of carbonyl (C=O) groups excluding carboxylic acids is 1. The van der Waals surface area contributed by atoms with Gasteiger partial charge in [-0.15, -0.1) is 0 Å². The Labute approximate surface area is 98.3 Å². The predicted molar refractivity (Wildman–Crippen MR) is 59.5 cm³/mol. The molecule has 1 aromatic heterocycles. The van der Waals surface area contributed by atoms with E-state index < -0.39 is 5.97 Å². The van der Waals surface area contributed by atoms with Crippen molar-refractivity contribution in [2.75, 3.05) is 7.11 Å². The van der Waals surface area contributed by atoms with E-state index in [2.05, 4.69) is 5.10 Å². The molecule has 0 aliphatic rings. The summed E-state index contributed by atoms with van der Waals surface area (Å²) in [5, 5.41) is 14.9. The number of rotatable bonds is 3. The zero-order valence-electron chi connectivity index (χ0n) is 9.51. The van der Waals surface area contributed by atoms with Crippen LogP contribution in [-0.2, 0) is 7.05 Å². The summed E-state index contributed by atoms with van der Waals surface area (Å²) < 4.78 is 6.33.